The fraction of sp³-hybridized carbons (Fsp3) is 0.632. The zero-order valence-electron chi connectivity index (χ0n) is 15.2. The minimum Gasteiger partial charge on any atom is -0.490 e. The predicted octanol–water partition coefficient (Wildman–Crippen LogP) is 2.30. The second kappa shape index (κ2) is 7.32. The van der Waals surface area contributed by atoms with Gasteiger partial charge < -0.3 is 30.0 Å². The van der Waals surface area contributed by atoms with Gasteiger partial charge in [-0.15, -0.1) is 0 Å². The number of nitrogens with zero attached hydrogens (tertiary/aromatic N) is 1. The SMILES string of the molecule is CCOC1CC(N=C(N)Nc2ccc3c(c2)OCCCO3)C12CCCO2. The van der Waals surface area contributed by atoms with Crippen molar-refractivity contribution in [2.45, 2.75) is 50.4 Å². The molecule has 1 saturated heterocycles. The van der Waals surface area contributed by atoms with Crippen LogP contribution in [0.5, 0.6) is 11.5 Å². The Hall–Kier alpha value is -1.99. The lowest BCUT2D eigenvalue weighted by atomic mass is 9.70. The third-order valence-electron chi connectivity index (χ3n) is 5.31. The molecule has 3 aliphatic rings. The highest BCUT2D eigenvalue weighted by Gasteiger charge is 2.59. The van der Waals surface area contributed by atoms with Crippen molar-refractivity contribution in [3.05, 3.63) is 18.2 Å². The van der Waals surface area contributed by atoms with Gasteiger partial charge in [0.1, 0.15) is 5.60 Å². The Bertz CT molecular complexity index is 673. The predicted molar refractivity (Wildman–Crippen MR) is 99.0 cm³/mol. The van der Waals surface area contributed by atoms with Crippen LogP contribution < -0.4 is 20.5 Å². The van der Waals surface area contributed by atoms with E-state index in [9.17, 15) is 0 Å². The van der Waals surface area contributed by atoms with Crippen LogP contribution in [-0.2, 0) is 9.47 Å². The van der Waals surface area contributed by atoms with Crippen LogP contribution >= 0.6 is 0 Å². The van der Waals surface area contributed by atoms with Crippen LogP contribution in [0, 0.1) is 0 Å². The Kier molecular flexibility index (Phi) is 4.91. The van der Waals surface area contributed by atoms with Crippen molar-refractivity contribution in [1.82, 2.24) is 0 Å². The molecular weight excluding hydrogens is 334 g/mol. The molecule has 0 bridgehead atoms. The lowest BCUT2D eigenvalue weighted by Crippen LogP contribution is -2.63. The minimum absolute atomic E-state index is 0.0365. The molecule has 0 aromatic heterocycles. The molecular formula is C19H27N3O4. The van der Waals surface area contributed by atoms with Crippen molar-refractivity contribution in [3.63, 3.8) is 0 Å². The van der Waals surface area contributed by atoms with Gasteiger partial charge in [0, 0.05) is 37.8 Å². The summed E-state index contributed by atoms with van der Waals surface area (Å²) in [5, 5.41) is 3.16. The fourth-order valence-corrected chi connectivity index (χ4v) is 4.02. The van der Waals surface area contributed by atoms with E-state index in [2.05, 4.69) is 10.3 Å². The third kappa shape index (κ3) is 3.21. The summed E-state index contributed by atoms with van der Waals surface area (Å²) >= 11 is 0. The Labute approximate surface area is 153 Å². The number of guanidine groups is 1. The van der Waals surface area contributed by atoms with E-state index in [1.165, 1.54) is 0 Å². The largest absolute Gasteiger partial charge is 0.490 e. The Morgan fingerprint density at radius 1 is 1.27 bits per heavy atom. The van der Waals surface area contributed by atoms with E-state index in [1.807, 2.05) is 25.1 Å². The van der Waals surface area contributed by atoms with Crippen LogP contribution in [0.4, 0.5) is 5.69 Å². The highest BCUT2D eigenvalue weighted by Crippen LogP contribution is 2.47. The molecule has 2 aliphatic heterocycles. The van der Waals surface area contributed by atoms with E-state index in [1.54, 1.807) is 0 Å². The molecule has 1 aliphatic carbocycles. The summed E-state index contributed by atoms with van der Waals surface area (Å²) in [6.45, 7) is 4.80. The van der Waals surface area contributed by atoms with Gasteiger partial charge in [-0.05, 0) is 31.9 Å². The van der Waals surface area contributed by atoms with Crippen LogP contribution in [-0.4, -0.2) is 50.1 Å². The highest BCUT2D eigenvalue weighted by atomic mass is 16.6. The van der Waals surface area contributed by atoms with Gasteiger partial charge in [-0.3, -0.25) is 0 Å². The molecule has 7 heteroatoms. The van der Waals surface area contributed by atoms with Crippen LogP contribution in [0.2, 0.25) is 0 Å². The molecule has 1 spiro atoms. The van der Waals surface area contributed by atoms with Gasteiger partial charge in [0.15, 0.2) is 17.5 Å². The van der Waals surface area contributed by atoms with E-state index in [0.717, 1.165) is 49.5 Å². The van der Waals surface area contributed by atoms with Crippen molar-refractivity contribution in [1.29, 1.82) is 0 Å². The van der Waals surface area contributed by atoms with Crippen LogP contribution in [0.1, 0.15) is 32.6 Å². The smallest absolute Gasteiger partial charge is 0.193 e. The van der Waals surface area contributed by atoms with Gasteiger partial charge in [-0.25, -0.2) is 4.99 Å². The van der Waals surface area contributed by atoms with Crippen LogP contribution in [0.25, 0.3) is 0 Å². The van der Waals surface area contributed by atoms with Crippen molar-refractivity contribution >= 4 is 11.6 Å². The molecule has 2 fully saturated rings. The third-order valence-corrected chi connectivity index (χ3v) is 5.31. The number of nitrogens with two attached hydrogens (primary N) is 1. The number of aliphatic imine (C=N–C) groups is 1. The van der Waals surface area contributed by atoms with Crippen molar-refractivity contribution in [3.8, 4) is 11.5 Å². The Balaban J connectivity index is 1.45. The maximum Gasteiger partial charge on any atom is 0.193 e. The first kappa shape index (κ1) is 17.4. The molecule has 1 aromatic carbocycles. The summed E-state index contributed by atoms with van der Waals surface area (Å²) in [4.78, 5) is 4.68. The lowest BCUT2D eigenvalue weighted by molar-refractivity contribution is -0.188. The van der Waals surface area contributed by atoms with Crippen molar-refractivity contribution in [2.75, 3.05) is 31.7 Å². The number of rotatable bonds is 4. The fourth-order valence-electron chi connectivity index (χ4n) is 4.02. The van der Waals surface area contributed by atoms with E-state index in [0.29, 0.717) is 25.8 Å². The molecule has 3 unspecified atom stereocenters. The van der Waals surface area contributed by atoms with Gasteiger partial charge in [-0.1, -0.05) is 0 Å². The van der Waals surface area contributed by atoms with E-state index < -0.39 is 0 Å². The lowest BCUT2D eigenvalue weighted by Gasteiger charge is -2.50. The molecule has 1 saturated carbocycles. The number of anilines is 1. The van der Waals surface area contributed by atoms with Crippen molar-refractivity contribution < 1.29 is 18.9 Å². The minimum atomic E-state index is -0.299. The maximum absolute atomic E-state index is 6.16. The van der Waals surface area contributed by atoms with Gasteiger partial charge in [0.05, 0.1) is 25.4 Å². The second-order valence-electron chi connectivity index (χ2n) is 6.95. The summed E-state index contributed by atoms with van der Waals surface area (Å²) in [6.07, 6.45) is 3.87. The highest BCUT2D eigenvalue weighted by molar-refractivity contribution is 5.92. The van der Waals surface area contributed by atoms with Crippen LogP contribution in [0.3, 0.4) is 0 Å². The summed E-state index contributed by atoms with van der Waals surface area (Å²) in [5.41, 5.74) is 6.70. The van der Waals surface area contributed by atoms with E-state index >= 15 is 0 Å². The van der Waals surface area contributed by atoms with Crippen LogP contribution in [0.15, 0.2) is 23.2 Å². The summed E-state index contributed by atoms with van der Waals surface area (Å²) in [6, 6.07) is 5.75. The maximum atomic E-state index is 6.16. The molecule has 1 aromatic rings. The van der Waals surface area contributed by atoms with Gasteiger partial charge in [-0.2, -0.15) is 0 Å². The average molecular weight is 361 g/mol. The average Bonchev–Trinajstić information content (AvgIpc) is 3.05. The number of hydrogen-bond donors (Lipinski definition) is 2. The number of fused-ring (bicyclic) bond motifs is 1. The van der Waals surface area contributed by atoms with Gasteiger partial charge in [0.2, 0.25) is 0 Å². The molecule has 0 amide bonds. The van der Waals surface area contributed by atoms with E-state index in [-0.39, 0.29) is 17.7 Å². The van der Waals surface area contributed by atoms with Gasteiger partial charge in [0.25, 0.3) is 0 Å². The first-order chi connectivity index (χ1) is 12.7. The first-order valence-corrected chi connectivity index (χ1v) is 9.47. The topological polar surface area (TPSA) is 87.3 Å². The standard InChI is InChI=1S/C19H27N3O4/c1-2-23-17-12-16(19(17)7-3-10-26-19)22-18(20)21-13-5-6-14-15(11-13)25-9-4-8-24-14/h5-6,11,16-17H,2-4,7-10,12H2,1H3,(H3,20,21,22). The zero-order valence-corrected chi connectivity index (χ0v) is 15.2. The molecule has 0 radical (unpaired) electrons. The zero-order chi connectivity index (χ0) is 18.0. The Morgan fingerprint density at radius 3 is 2.88 bits per heavy atom. The Morgan fingerprint density at radius 2 is 2.12 bits per heavy atom. The molecule has 7 nitrogen and oxygen atoms in total. The van der Waals surface area contributed by atoms with Crippen molar-refractivity contribution in [2.24, 2.45) is 10.7 Å². The summed E-state index contributed by atoms with van der Waals surface area (Å²) in [7, 11) is 0. The second-order valence-corrected chi connectivity index (χ2v) is 6.95. The molecule has 3 N–H and O–H groups in total. The number of nitrogens with one attached hydrogen (secondary N) is 1. The molecule has 26 heavy (non-hydrogen) atoms. The summed E-state index contributed by atoms with van der Waals surface area (Å²) < 4.78 is 23.2. The molecule has 4 rings (SSSR count). The number of ether oxygens (including phenoxy) is 4. The summed E-state index contributed by atoms with van der Waals surface area (Å²) in [5.74, 6) is 1.88. The monoisotopic (exact) mass is 361 g/mol. The van der Waals surface area contributed by atoms with E-state index in [4.69, 9.17) is 24.7 Å². The normalized spacial score (nSPS) is 30.7. The molecule has 3 atom stereocenters. The molecule has 142 valence electrons. The quantitative estimate of drug-likeness (QED) is 0.632. The molecule has 2 heterocycles. The first-order valence-electron chi connectivity index (χ1n) is 9.47. The van der Waals surface area contributed by atoms with Gasteiger partial charge >= 0.3 is 0 Å². The number of benzene rings is 1. The number of hydrogen-bond acceptors (Lipinski definition) is 5.